The highest BCUT2D eigenvalue weighted by Gasteiger charge is 2.01. The van der Waals surface area contributed by atoms with Gasteiger partial charge in [-0.05, 0) is 12.3 Å². The molecule has 0 amide bonds. The van der Waals surface area contributed by atoms with Crippen molar-refractivity contribution in [3.8, 4) is 0 Å². The number of Topliss-reactive ketones (excluding diaryl/α,β-unsaturated/α-hetero) is 1. The molecule has 0 aliphatic carbocycles. The van der Waals surface area contributed by atoms with E-state index in [1.165, 1.54) is 0 Å². The maximum atomic E-state index is 10.8. The number of nitrogens with two attached hydrogens (primary N) is 1. The van der Waals surface area contributed by atoms with Gasteiger partial charge in [0.15, 0.2) is 0 Å². The van der Waals surface area contributed by atoms with Gasteiger partial charge >= 0.3 is 0 Å². The van der Waals surface area contributed by atoms with Crippen LogP contribution in [0.4, 0.5) is 0 Å². The van der Waals surface area contributed by atoms with E-state index in [9.17, 15) is 4.79 Å². The van der Waals surface area contributed by atoms with Crippen LogP contribution in [0.25, 0.3) is 0 Å². The fourth-order valence-corrected chi connectivity index (χ4v) is 0.664. The third-order valence-corrected chi connectivity index (χ3v) is 1.31. The first-order chi connectivity index (χ1) is 4.66. The minimum absolute atomic E-state index is 0. The molecule has 11 heavy (non-hydrogen) atoms. The number of hydrogen-bond donors (Lipinski definition) is 1. The van der Waals surface area contributed by atoms with Crippen LogP contribution in [0.3, 0.4) is 0 Å². The Hall–Kier alpha value is -0.0800. The monoisotopic (exact) mass is 178 g/mol. The lowest BCUT2D eigenvalue weighted by Crippen LogP contribution is -2.09. The Morgan fingerprint density at radius 1 is 1.55 bits per heavy atom. The van der Waals surface area contributed by atoms with E-state index in [1.54, 1.807) is 6.42 Å². The molecular formula is C8H17ClNO. The second kappa shape index (κ2) is 8.02. The van der Waals surface area contributed by atoms with E-state index < -0.39 is 0 Å². The molecule has 67 valence electrons. The van der Waals surface area contributed by atoms with Crippen molar-refractivity contribution in [2.75, 3.05) is 6.54 Å². The van der Waals surface area contributed by atoms with Crippen LogP contribution in [0.2, 0.25) is 0 Å². The maximum Gasteiger partial charge on any atom is 0.138 e. The average molecular weight is 179 g/mol. The number of halogens is 1. The zero-order chi connectivity index (χ0) is 7.98. The van der Waals surface area contributed by atoms with E-state index in [1.807, 2.05) is 0 Å². The summed E-state index contributed by atoms with van der Waals surface area (Å²) >= 11 is 0. The van der Waals surface area contributed by atoms with Crippen LogP contribution in [0.15, 0.2) is 0 Å². The third kappa shape index (κ3) is 9.92. The van der Waals surface area contributed by atoms with Crippen molar-refractivity contribution in [1.82, 2.24) is 0 Å². The van der Waals surface area contributed by atoms with Crippen molar-refractivity contribution in [2.45, 2.75) is 26.7 Å². The second-order valence-electron chi connectivity index (χ2n) is 2.84. The summed E-state index contributed by atoms with van der Waals surface area (Å²) in [4.78, 5) is 10.8. The highest BCUT2D eigenvalue weighted by Crippen LogP contribution is 2.04. The van der Waals surface area contributed by atoms with E-state index in [4.69, 9.17) is 5.73 Å². The fraction of sp³-hybridized carbons (Fsp3) is 0.750. The number of carbonyl (C=O) groups excluding carboxylic acids is 1. The molecule has 0 aliphatic rings. The lowest BCUT2D eigenvalue weighted by molar-refractivity contribution is -0.116. The topological polar surface area (TPSA) is 43.1 Å². The van der Waals surface area contributed by atoms with Gasteiger partial charge in [0, 0.05) is 19.4 Å². The molecule has 0 aliphatic heterocycles. The molecule has 0 saturated heterocycles. The molecule has 0 fully saturated rings. The van der Waals surface area contributed by atoms with Crippen LogP contribution in [0.5, 0.6) is 0 Å². The van der Waals surface area contributed by atoms with Crippen molar-refractivity contribution in [3.05, 3.63) is 6.42 Å². The molecule has 3 heteroatoms. The molecular weight excluding hydrogens is 162 g/mol. The predicted molar refractivity (Wildman–Crippen MR) is 49.7 cm³/mol. The van der Waals surface area contributed by atoms with Crippen LogP contribution < -0.4 is 5.73 Å². The Morgan fingerprint density at radius 3 is 2.45 bits per heavy atom. The number of hydrogen-bond acceptors (Lipinski definition) is 2. The van der Waals surface area contributed by atoms with Crippen LogP contribution in [0, 0.1) is 12.3 Å². The molecule has 0 atom stereocenters. The summed E-state index contributed by atoms with van der Waals surface area (Å²) in [6.07, 6.45) is 3.16. The number of rotatable bonds is 5. The molecule has 0 heterocycles. The SMILES string of the molecule is CC(C)CCC(=O)[CH]CN.Cl. The Bertz CT molecular complexity index is 104. The van der Waals surface area contributed by atoms with Gasteiger partial charge in [0.25, 0.3) is 0 Å². The van der Waals surface area contributed by atoms with Crippen LogP contribution in [-0.4, -0.2) is 12.3 Å². The lowest BCUT2D eigenvalue weighted by atomic mass is 10.0. The van der Waals surface area contributed by atoms with Gasteiger partial charge in [-0.2, -0.15) is 0 Å². The first-order valence-corrected chi connectivity index (χ1v) is 3.73. The van der Waals surface area contributed by atoms with Crippen molar-refractivity contribution >= 4 is 18.2 Å². The summed E-state index contributed by atoms with van der Waals surface area (Å²) in [7, 11) is 0. The molecule has 1 radical (unpaired) electrons. The molecule has 0 aromatic heterocycles. The van der Waals surface area contributed by atoms with E-state index in [0.29, 0.717) is 18.9 Å². The fourth-order valence-electron chi connectivity index (χ4n) is 0.664. The number of ketones is 1. The highest BCUT2D eigenvalue weighted by molar-refractivity contribution is 5.87. The van der Waals surface area contributed by atoms with Crippen molar-refractivity contribution < 1.29 is 4.79 Å². The van der Waals surface area contributed by atoms with Crippen LogP contribution in [0.1, 0.15) is 26.7 Å². The first kappa shape index (κ1) is 13.5. The molecule has 0 rings (SSSR count). The molecule has 0 bridgehead atoms. The van der Waals surface area contributed by atoms with Gasteiger partial charge in [0.2, 0.25) is 0 Å². The molecule has 0 unspecified atom stereocenters. The van der Waals surface area contributed by atoms with Crippen LogP contribution in [-0.2, 0) is 4.79 Å². The standard InChI is InChI=1S/C8H16NO.ClH/c1-7(2)3-4-8(10)5-6-9;/h5,7H,3-4,6,9H2,1-2H3;1H. The molecule has 0 saturated carbocycles. The normalized spacial score (nSPS) is 9.45. The van der Waals surface area contributed by atoms with Gasteiger partial charge in [-0.1, -0.05) is 13.8 Å². The Labute approximate surface area is 74.9 Å². The van der Waals surface area contributed by atoms with Crippen molar-refractivity contribution in [1.29, 1.82) is 0 Å². The Kier molecular flexibility index (Phi) is 9.85. The third-order valence-electron chi connectivity index (χ3n) is 1.31. The van der Waals surface area contributed by atoms with Gasteiger partial charge in [-0.15, -0.1) is 12.4 Å². The van der Waals surface area contributed by atoms with E-state index >= 15 is 0 Å². The van der Waals surface area contributed by atoms with Gasteiger partial charge in [-0.25, -0.2) is 0 Å². The molecule has 2 nitrogen and oxygen atoms in total. The van der Waals surface area contributed by atoms with Gasteiger partial charge in [-0.3, -0.25) is 4.79 Å². The van der Waals surface area contributed by atoms with Crippen molar-refractivity contribution in [3.63, 3.8) is 0 Å². The van der Waals surface area contributed by atoms with Crippen molar-refractivity contribution in [2.24, 2.45) is 11.7 Å². The highest BCUT2D eigenvalue weighted by atomic mass is 35.5. The summed E-state index contributed by atoms with van der Waals surface area (Å²) in [5, 5.41) is 0. The minimum Gasteiger partial charge on any atom is -0.330 e. The van der Waals surface area contributed by atoms with Crippen LogP contribution >= 0.6 is 12.4 Å². The Balaban J connectivity index is 0. The van der Waals surface area contributed by atoms with E-state index in [-0.39, 0.29) is 18.2 Å². The second-order valence-corrected chi connectivity index (χ2v) is 2.84. The average Bonchev–Trinajstić information content (AvgIpc) is 1.85. The zero-order valence-corrected chi connectivity index (χ0v) is 7.99. The van der Waals surface area contributed by atoms with E-state index in [0.717, 1.165) is 6.42 Å². The smallest absolute Gasteiger partial charge is 0.138 e. The summed E-state index contributed by atoms with van der Waals surface area (Å²) in [5.41, 5.74) is 5.16. The lowest BCUT2D eigenvalue weighted by Gasteiger charge is -2.01. The van der Waals surface area contributed by atoms with Gasteiger partial charge < -0.3 is 5.73 Å². The Morgan fingerprint density at radius 2 is 2.09 bits per heavy atom. The molecule has 0 aromatic carbocycles. The largest absolute Gasteiger partial charge is 0.330 e. The number of carbonyl (C=O) groups is 1. The summed E-state index contributed by atoms with van der Waals surface area (Å²) in [5.74, 6) is 0.784. The molecule has 0 aromatic rings. The first-order valence-electron chi connectivity index (χ1n) is 3.73. The predicted octanol–water partition coefficient (Wildman–Crippen LogP) is 1.58. The van der Waals surface area contributed by atoms with E-state index in [2.05, 4.69) is 13.8 Å². The van der Waals surface area contributed by atoms with Gasteiger partial charge in [0.05, 0.1) is 0 Å². The van der Waals surface area contributed by atoms with Gasteiger partial charge in [0.1, 0.15) is 5.78 Å². The quantitative estimate of drug-likeness (QED) is 0.695. The summed E-state index contributed by atoms with van der Waals surface area (Å²) in [6.45, 7) is 4.59. The molecule has 2 N–H and O–H groups in total. The zero-order valence-electron chi connectivity index (χ0n) is 7.17. The maximum absolute atomic E-state index is 10.8. The summed E-state index contributed by atoms with van der Waals surface area (Å²) < 4.78 is 0. The summed E-state index contributed by atoms with van der Waals surface area (Å²) in [6, 6.07) is 0. The molecule has 0 spiro atoms. The minimum atomic E-state index is 0.